The van der Waals surface area contributed by atoms with E-state index in [1.54, 1.807) is 0 Å². The summed E-state index contributed by atoms with van der Waals surface area (Å²) < 4.78 is 2.21. The van der Waals surface area contributed by atoms with Crippen LogP contribution in [0, 0.1) is 5.92 Å². The highest BCUT2D eigenvalue weighted by Crippen LogP contribution is 2.27. The Morgan fingerprint density at radius 1 is 1.27 bits per heavy atom. The highest BCUT2D eigenvalue weighted by molar-refractivity contribution is 5.81. The first kappa shape index (κ1) is 18.7. The monoisotopic (exact) mass is 360 g/mol. The average Bonchev–Trinajstić information content (AvgIpc) is 3.35. The minimum Gasteiger partial charge on any atom is -0.357 e. The molecular formula is C19H32N6O. The molecule has 0 radical (unpaired) electrons. The molecule has 0 aromatic carbocycles. The number of carbonyl (C=O) groups is 1. The zero-order valence-corrected chi connectivity index (χ0v) is 16.1. The molecule has 0 aliphatic carbocycles. The summed E-state index contributed by atoms with van der Waals surface area (Å²) in [6.45, 7) is 9.53. The van der Waals surface area contributed by atoms with Gasteiger partial charge in [0.15, 0.2) is 5.96 Å². The van der Waals surface area contributed by atoms with Crippen LogP contribution in [0.15, 0.2) is 23.7 Å². The largest absolute Gasteiger partial charge is 0.357 e. The van der Waals surface area contributed by atoms with Crippen LogP contribution in [-0.2, 0) is 4.79 Å². The second-order valence-corrected chi connectivity index (χ2v) is 7.36. The number of guanidine groups is 1. The summed E-state index contributed by atoms with van der Waals surface area (Å²) in [5, 5.41) is 3.40. The van der Waals surface area contributed by atoms with E-state index >= 15 is 0 Å². The molecule has 0 bridgehead atoms. The number of amides is 1. The number of nitrogens with one attached hydrogen (secondary N) is 1. The number of hydrogen-bond acceptors (Lipinski definition) is 3. The highest BCUT2D eigenvalue weighted by Gasteiger charge is 2.29. The molecule has 0 saturated carbocycles. The van der Waals surface area contributed by atoms with Crippen molar-refractivity contribution >= 4 is 11.9 Å². The number of likely N-dealkylation sites (tertiary alicyclic amines) is 2. The molecule has 2 saturated heterocycles. The lowest BCUT2D eigenvalue weighted by atomic mass is 9.93. The molecule has 1 aromatic heterocycles. The topological polar surface area (TPSA) is 65.8 Å². The Bertz CT molecular complexity index is 593. The third-order valence-corrected chi connectivity index (χ3v) is 5.51. The van der Waals surface area contributed by atoms with Gasteiger partial charge in [0, 0.05) is 51.5 Å². The molecule has 2 aliphatic rings. The van der Waals surface area contributed by atoms with Crippen LogP contribution in [0.25, 0.3) is 0 Å². The molecule has 2 atom stereocenters. The van der Waals surface area contributed by atoms with Crippen LogP contribution in [0.4, 0.5) is 0 Å². The number of nitrogens with zero attached hydrogens (tertiary/aromatic N) is 5. The van der Waals surface area contributed by atoms with Crippen molar-refractivity contribution in [1.82, 2.24) is 24.7 Å². The maximum absolute atomic E-state index is 12.2. The van der Waals surface area contributed by atoms with Gasteiger partial charge in [-0.2, -0.15) is 0 Å². The summed E-state index contributed by atoms with van der Waals surface area (Å²) in [7, 11) is 0. The molecule has 144 valence electrons. The van der Waals surface area contributed by atoms with Crippen molar-refractivity contribution in [3.05, 3.63) is 18.7 Å². The molecule has 2 unspecified atom stereocenters. The quantitative estimate of drug-likeness (QED) is 0.642. The Kier molecular flexibility index (Phi) is 6.52. The van der Waals surface area contributed by atoms with Crippen LogP contribution in [-0.4, -0.2) is 70.5 Å². The first-order chi connectivity index (χ1) is 12.7. The fourth-order valence-electron chi connectivity index (χ4n) is 3.90. The van der Waals surface area contributed by atoms with Crippen LogP contribution in [0.3, 0.4) is 0 Å². The molecule has 2 aliphatic heterocycles. The molecule has 26 heavy (non-hydrogen) atoms. The zero-order valence-electron chi connectivity index (χ0n) is 16.1. The fraction of sp³-hybridized carbons (Fsp3) is 0.737. The highest BCUT2D eigenvalue weighted by atomic mass is 16.2. The Morgan fingerprint density at radius 3 is 2.77 bits per heavy atom. The number of carbonyl (C=O) groups excluding carboxylic acids is 1. The van der Waals surface area contributed by atoms with E-state index in [0.29, 0.717) is 24.9 Å². The normalized spacial score (nSPS) is 24.2. The van der Waals surface area contributed by atoms with Crippen molar-refractivity contribution in [2.45, 2.75) is 45.6 Å². The third kappa shape index (κ3) is 4.56. The van der Waals surface area contributed by atoms with Gasteiger partial charge in [0.25, 0.3) is 0 Å². The standard InChI is InChI=1S/C19H32N6O/c1-3-21-19(22-8-6-18(26)23-10-4-5-11-23)24-12-7-16(2)17(14-24)25-13-9-20-15-25/h9,13,15-17H,3-8,10-12,14H2,1-2H3,(H,21,22). The smallest absolute Gasteiger partial charge is 0.224 e. The van der Waals surface area contributed by atoms with Gasteiger partial charge in [-0.25, -0.2) is 4.98 Å². The van der Waals surface area contributed by atoms with Gasteiger partial charge in [-0.15, -0.1) is 0 Å². The van der Waals surface area contributed by atoms with E-state index < -0.39 is 0 Å². The molecule has 1 N–H and O–H groups in total. The van der Waals surface area contributed by atoms with Crippen molar-refractivity contribution in [3.63, 3.8) is 0 Å². The van der Waals surface area contributed by atoms with E-state index in [9.17, 15) is 4.79 Å². The average molecular weight is 361 g/mol. The molecule has 3 heterocycles. The van der Waals surface area contributed by atoms with E-state index in [1.165, 1.54) is 0 Å². The molecule has 0 spiro atoms. The fourth-order valence-corrected chi connectivity index (χ4v) is 3.90. The van der Waals surface area contributed by atoms with Gasteiger partial charge in [-0.1, -0.05) is 6.92 Å². The van der Waals surface area contributed by atoms with Crippen molar-refractivity contribution < 1.29 is 4.79 Å². The van der Waals surface area contributed by atoms with Gasteiger partial charge in [0.1, 0.15) is 0 Å². The first-order valence-electron chi connectivity index (χ1n) is 9.97. The van der Waals surface area contributed by atoms with Gasteiger partial charge in [0.05, 0.1) is 18.9 Å². The molecule has 3 rings (SSSR count). The summed E-state index contributed by atoms with van der Waals surface area (Å²) in [4.78, 5) is 25.5. The van der Waals surface area contributed by atoms with Gasteiger partial charge in [-0.3, -0.25) is 9.79 Å². The van der Waals surface area contributed by atoms with Gasteiger partial charge >= 0.3 is 0 Å². The summed E-state index contributed by atoms with van der Waals surface area (Å²) >= 11 is 0. The first-order valence-corrected chi connectivity index (χ1v) is 9.97. The zero-order chi connectivity index (χ0) is 18.4. The van der Waals surface area contributed by atoms with Crippen LogP contribution in [0.1, 0.15) is 45.6 Å². The lowest BCUT2D eigenvalue weighted by Gasteiger charge is -2.39. The summed E-state index contributed by atoms with van der Waals surface area (Å²) in [6, 6.07) is 0.404. The lowest BCUT2D eigenvalue weighted by Crippen LogP contribution is -2.49. The van der Waals surface area contributed by atoms with Crippen LogP contribution >= 0.6 is 0 Å². The van der Waals surface area contributed by atoms with Gasteiger partial charge in [0.2, 0.25) is 5.91 Å². The second-order valence-electron chi connectivity index (χ2n) is 7.36. The van der Waals surface area contributed by atoms with Crippen LogP contribution in [0.2, 0.25) is 0 Å². The predicted octanol–water partition coefficient (Wildman–Crippen LogP) is 1.74. The summed E-state index contributed by atoms with van der Waals surface area (Å²) in [5.74, 6) is 1.78. The molecule has 1 amide bonds. The number of aromatic nitrogens is 2. The Labute approximate surface area is 156 Å². The molecule has 2 fully saturated rings. The van der Waals surface area contributed by atoms with Crippen LogP contribution < -0.4 is 5.32 Å². The van der Waals surface area contributed by atoms with E-state index in [0.717, 1.165) is 57.9 Å². The Morgan fingerprint density at radius 2 is 2.08 bits per heavy atom. The van der Waals surface area contributed by atoms with Crippen molar-refractivity contribution in [1.29, 1.82) is 0 Å². The number of aliphatic imine (C=N–C) groups is 1. The lowest BCUT2D eigenvalue weighted by molar-refractivity contribution is -0.129. The minimum atomic E-state index is 0.241. The third-order valence-electron chi connectivity index (χ3n) is 5.51. The molecule has 7 heteroatoms. The van der Waals surface area contributed by atoms with Crippen molar-refractivity contribution in [2.24, 2.45) is 10.9 Å². The summed E-state index contributed by atoms with van der Waals surface area (Å²) in [5.41, 5.74) is 0. The molecule has 1 aromatic rings. The number of rotatable bonds is 5. The van der Waals surface area contributed by atoms with Gasteiger partial charge in [-0.05, 0) is 32.1 Å². The maximum Gasteiger partial charge on any atom is 0.224 e. The minimum absolute atomic E-state index is 0.241. The van der Waals surface area contributed by atoms with Gasteiger partial charge < -0.3 is 19.7 Å². The number of imidazole rings is 1. The molecule has 7 nitrogen and oxygen atoms in total. The van der Waals surface area contributed by atoms with E-state index in [1.807, 2.05) is 23.6 Å². The predicted molar refractivity (Wildman–Crippen MR) is 103 cm³/mol. The van der Waals surface area contributed by atoms with Crippen molar-refractivity contribution in [3.8, 4) is 0 Å². The van der Waals surface area contributed by atoms with Crippen LogP contribution in [0.5, 0.6) is 0 Å². The molecular weight excluding hydrogens is 328 g/mol. The Balaban J connectivity index is 1.59. The van der Waals surface area contributed by atoms with E-state index in [2.05, 4.69) is 33.6 Å². The SMILES string of the molecule is CCNC(=NCCC(=O)N1CCCC1)N1CCC(C)C(n2ccnc2)C1. The van der Waals surface area contributed by atoms with E-state index in [-0.39, 0.29) is 5.91 Å². The second kappa shape index (κ2) is 9.05. The maximum atomic E-state index is 12.2. The van der Waals surface area contributed by atoms with E-state index in [4.69, 9.17) is 4.99 Å². The van der Waals surface area contributed by atoms with Crippen molar-refractivity contribution in [2.75, 3.05) is 39.3 Å². The summed E-state index contributed by atoms with van der Waals surface area (Å²) in [6.07, 6.45) is 9.70. The number of hydrogen-bond donors (Lipinski definition) is 1. The Hall–Kier alpha value is -2.05. The number of piperidine rings is 1.